The lowest BCUT2D eigenvalue weighted by Gasteiger charge is -2.27. The Labute approximate surface area is 173 Å². The van der Waals surface area contributed by atoms with Crippen LogP contribution >= 0.6 is 0 Å². The van der Waals surface area contributed by atoms with Crippen LogP contribution in [0.25, 0.3) is 0 Å². The summed E-state index contributed by atoms with van der Waals surface area (Å²) < 4.78 is 1.73. The van der Waals surface area contributed by atoms with E-state index in [1.165, 1.54) is 6.21 Å². The summed E-state index contributed by atoms with van der Waals surface area (Å²) in [6, 6.07) is 21.4. The Morgan fingerprint density at radius 3 is 2.10 bits per heavy atom. The van der Waals surface area contributed by atoms with Crippen molar-refractivity contribution >= 4 is 18.2 Å². The molecule has 0 saturated carbocycles. The van der Waals surface area contributed by atoms with E-state index < -0.39 is 17.5 Å². The third-order valence-electron chi connectivity index (χ3n) is 5.41. The number of nitrogens with zero attached hydrogens (tertiary/aromatic N) is 4. The van der Waals surface area contributed by atoms with Crippen LogP contribution in [0.4, 0.5) is 4.79 Å². The van der Waals surface area contributed by atoms with Gasteiger partial charge in [0, 0.05) is 18.3 Å². The molecule has 1 aliphatic rings. The summed E-state index contributed by atoms with van der Waals surface area (Å²) in [7, 11) is 1.77. The number of rotatable bonds is 4. The molecule has 0 unspecified atom stereocenters. The first-order chi connectivity index (χ1) is 14.5. The molecule has 0 radical (unpaired) electrons. The van der Waals surface area contributed by atoms with E-state index in [1.807, 2.05) is 43.3 Å². The van der Waals surface area contributed by atoms with Gasteiger partial charge in [0.15, 0.2) is 5.54 Å². The SMILES string of the molecule is Cc1c(/C=N\N2C(=O)NC(c3ccccc3)(c3ccccc3)C2=O)cc(C#N)n1C. The number of amides is 3. The molecule has 0 atom stereocenters. The molecule has 0 spiro atoms. The molecule has 2 aromatic carbocycles. The zero-order chi connectivity index (χ0) is 21.3. The van der Waals surface area contributed by atoms with E-state index in [2.05, 4.69) is 16.5 Å². The number of imide groups is 1. The molecule has 1 fully saturated rings. The molecule has 7 nitrogen and oxygen atoms in total. The van der Waals surface area contributed by atoms with E-state index in [-0.39, 0.29) is 0 Å². The molecule has 7 heteroatoms. The Hall–Kier alpha value is -4.18. The quantitative estimate of drug-likeness (QED) is 0.542. The van der Waals surface area contributed by atoms with Crippen LogP contribution in [0.2, 0.25) is 0 Å². The first-order valence-corrected chi connectivity index (χ1v) is 9.37. The molecule has 3 aromatic rings. The number of carbonyl (C=O) groups is 2. The highest BCUT2D eigenvalue weighted by molar-refractivity contribution is 6.10. The van der Waals surface area contributed by atoms with E-state index in [0.717, 1.165) is 10.7 Å². The zero-order valence-corrected chi connectivity index (χ0v) is 16.5. The second-order valence-corrected chi connectivity index (χ2v) is 7.01. The van der Waals surface area contributed by atoms with Gasteiger partial charge in [0.1, 0.15) is 11.8 Å². The molecule has 30 heavy (non-hydrogen) atoms. The van der Waals surface area contributed by atoms with E-state index in [9.17, 15) is 14.9 Å². The maximum atomic E-state index is 13.5. The Morgan fingerprint density at radius 2 is 1.60 bits per heavy atom. The number of hydrogen-bond donors (Lipinski definition) is 1. The number of benzene rings is 2. The minimum Gasteiger partial charge on any atom is -0.339 e. The molecule has 0 aliphatic carbocycles. The van der Waals surface area contributed by atoms with Gasteiger partial charge in [-0.1, -0.05) is 60.7 Å². The molecule has 3 amide bonds. The maximum absolute atomic E-state index is 13.5. The molecule has 1 saturated heterocycles. The maximum Gasteiger partial charge on any atom is 0.346 e. The van der Waals surface area contributed by atoms with Gasteiger partial charge in [-0.05, 0) is 24.1 Å². The second-order valence-electron chi connectivity index (χ2n) is 7.01. The average Bonchev–Trinajstić information content (AvgIpc) is 3.21. The van der Waals surface area contributed by atoms with Gasteiger partial charge in [-0.3, -0.25) is 4.79 Å². The van der Waals surface area contributed by atoms with Crippen molar-refractivity contribution in [3.8, 4) is 6.07 Å². The van der Waals surface area contributed by atoms with E-state index in [1.54, 1.807) is 41.9 Å². The fourth-order valence-electron chi connectivity index (χ4n) is 3.64. The van der Waals surface area contributed by atoms with Crippen LogP contribution in [0.15, 0.2) is 71.8 Å². The molecule has 1 aromatic heterocycles. The number of carbonyl (C=O) groups excluding carboxylic acids is 2. The standard InChI is InChI=1S/C23H19N5O2/c1-16-17(13-20(14-24)27(16)2)15-25-28-21(29)23(26-22(28)30,18-9-5-3-6-10-18)19-11-7-4-8-12-19/h3-13,15H,1-2H3,(H,26,30)/b25-15-. The smallest absolute Gasteiger partial charge is 0.339 e. The van der Waals surface area contributed by atoms with Gasteiger partial charge in [0.05, 0.1) is 6.21 Å². The first kappa shape index (κ1) is 19.2. The fraction of sp³-hybridized carbons (Fsp3) is 0.130. The highest BCUT2D eigenvalue weighted by Crippen LogP contribution is 2.36. The van der Waals surface area contributed by atoms with Crippen molar-refractivity contribution in [3.05, 3.63) is 94.8 Å². The van der Waals surface area contributed by atoms with E-state index in [4.69, 9.17) is 0 Å². The summed E-state index contributed by atoms with van der Waals surface area (Å²) in [5.41, 5.74) is 1.87. The molecule has 0 bridgehead atoms. The summed E-state index contributed by atoms with van der Waals surface area (Å²) in [5.74, 6) is -0.491. The zero-order valence-electron chi connectivity index (χ0n) is 16.5. The van der Waals surface area contributed by atoms with Crippen LogP contribution in [0.5, 0.6) is 0 Å². The van der Waals surface area contributed by atoms with Crippen molar-refractivity contribution in [1.82, 2.24) is 14.9 Å². The van der Waals surface area contributed by atoms with Gasteiger partial charge in [0.2, 0.25) is 0 Å². The van der Waals surface area contributed by atoms with Crippen LogP contribution in [0.1, 0.15) is 28.1 Å². The second kappa shape index (κ2) is 7.33. The normalized spacial score (nSPS) is 15.4. The topological polar surface area (TPSA) is 90.5 Å². The average molecular weight is 397 g/mol. The predicted octanol–water partition coefficient (Wildman–Crippen LogP) is 3.03. The number of aromatic nitrogens is 1. The van der Waals surface area contributed by atoms with Crippen LogP contribution in [0.3, 0.4) is 0 Å². The highest BCUT2D eigenvalue weighted by Gasteiger charge is 2.54. The van der Waals surface area contributed by atoms with Crippen molar-refractivity contribution < 1.29 is 9.59 Å². The van der Waals surface area contributed by atoms with Gasteiger partial charge < -0.3 is 9.88 Å². The number of urea groups is 1. The minimum absolute atomic E-state index is 0.467. The number of hydrazone groups is 1. The molecular weight excluding hydrogens is 378 g/mol. The predicted molar refractivity (Wildman–Crippen MR) is 112 cm³/mol. The summed E-state index contributed by atoms with van der Waals surface area (Å²) in [6.07, 6.45) is 1.43. The van der Waals surface area contributed by atoms with Crippen LogP contribution < -0.4 is 5.32 Å². The van der Waals surface area contributed by atoms with Crippen molar-refractivity contribution in [2.45, 2.75) is 12.5 Å². The highest BCUT2D eigenvalue weighted by atomic mass is 16.2. The Bertz CT molecular complexity index is 1150. The first-order valence-electron chi connectivity index (χ1n) is 9.37. The fourth-order valence-corrected chi connectivity index (χ4v) is 3.64. The van der Waals surface area contributed by atoms with Crippen LogP contribution in [-0.4, -0.2) is 27.7 Å². The van der Waals surface area contributed by atoms with Gasteiger partial charge in [-0.15, -0.1) is 5.01 Å². The number of nitrogens with one attached hydrogen (secondary N) is 1. The lowest BCUT2D eigenvalue weighted by Crippen LogP contribution is -2.44. The summed E-state index contributed by atoms with van der Waals surface area (Å²) in [6.45, 7) is 1.84. The Morgan fingerprint density at radius 1 is 1.03 bits per heavy atom. The Balaban J connectivity index is 1.77. The van der Waals surface area contributed by atoms with Crippen molar-refractivity contribution in [1.29, 1.82) is 5.26 Å². The summed E-state index contributed by atoms with van der Waals surface area (Å²) in [5, 5.41) is 17.1. The van der Waals surface area contributed by atoms with E-state index >= 15 is 0 Å². The lowest BCUT2D eigenvalue weighted by molar-refractivity contribution is -0.130. The molecular formula is C23H19N5O2. The third kappa shape index (κ3) is 2.86. The largest absolute Gasteiger partial charge is 0.346 e. The lowest BCUT2D eigenvalue weighted by atomic mass is 9.83. The number of hydrogen-bond acceptors (Lipinski definition) is 4. The number of nitriles is 1. The third-order valence-corrected chi connectivity index (χ3v) is 5.41. The van der Waals surface area contributed by atoms with Crippen LogP contribution in [-0.2, 0) is 17.4 Å². The molecule has 1 aliphatic heterocycles. The molecule has 1 N–H and O–H groups in total. The van der Waals surface area contributed by atoms with Crippen molar-refractivity contribution in [3.63, 3.8) is 0 Å². The monoisotopic (exact) mass is 397 g/mol. The van der Waals surface area contributed by atoms with Gasteiger partial charge in [-0.2, -0.15) is 10.4 Å². The van der Waals surface area contributed by atoms with E-state index in [0.29, 0.717) is 22.4 Å². The van der Waals surface area contributed by atoms with Crippen molar-refractivity contribution in [2.75, 3.05) is 0 Å². The van der Waals surface area contributed by atoms with Gasteiger partial charge in [0.25, 0.3) is 5.91 Å². The van der Waals surface area contributed by atoms with Crippen molar-refractivity contribution in [2.24, 2.45) is 12.1 Å². The minimum atomic E-state index is -1.36. The molecule has 2 heterocycles. The summed E-state index contributed by atoms with van der Waals surface area (Å²) in [4.78, 5) is 26.3. The van der Waals surface area contributed by atoms with Gasteiger partial charge >= 0.3 is 6.03 Å². The van der Waals surface area contributed by atoms with Gasteiger partial charge in [-0.25, -0.2) is 4.79 Å². The van der Waals surface area contributed by atoms with Crippen LogP contribution in [0, 0.1) is 18.3 Å². The molecule has 148 valence electrons. The molecule has 4 rings (SSSR count). The Kier molecular flexibility index (Phi) is 4.68. The summed E-state index contributed by atoms with van der Waals surface area (Å²) >= 11 is 0.